The molecule has 1 aliphatic carbocycles. The third kappa shape index (κ3) is 2.70. The van der Waals surface area contributed by atoms with Crippen LogP contribution >= 0.6 is 0 Å². The molecule has 0 aliphatic heterocycles. The van der Waals surface area contributed by atoms with Gasteiger partial charge in [0.1, 0.15) is 0 Å². The zero-order chi connectivity index (χ0) is 15.6. The molecule has 0 radical (unpaired) electrons. The van der Waals surface area contributed by atoms with Gasteiger partial charge in [-0.3, -0.25) is 4.79 Å². The molecule has 3 aromatic rings. The third-order valence-electron chi connectivity index (χ3n) is 4.69. The highest BCUT2D eigenvalue weighted by atomic mass is 16.1. The van der Waals surface area contributed by atoms with E-state index in [-0.39, 0.29) is 5.78 Å². The maximum Gasteiger partial charge on any atom is 0.163 e. The van der Waals surface area contributed by atoms with Gasteiger partial charge in [-0.05, 0) is 40.7 Å². The van der Waals surface area contributed by atoms with Crippen LogP contribution < -0.4 is 0 Å². The van der Waals surface area contributed by atoms with Crippen LogP contribution in [0.25, 0.3) is 11.1 Å². The minimum absolute atomic E-state index is 0.262. The number of carbonyl (C=O) groups excluding carboxylic acids is 1. The van der Waals surface area contributed by atoms with Crippen molar-refractivity contribution in [2.24, 2.45) is 0 Å². The van der Waals surface area contributed by atoms with Crippen molar-refractivity contribution in [1.29, 1.82) is 0 Å². The van der Waals surface area contributed by atoms with E-state index in [4.69, 9.17) is 0 Å². The van der Waals surface area contributed by atoms with Gasteiger partial charge in [-0.2, -0.15) is 0 Å². The Morgan fingerprint density at radius 2 is 1.39 bits per heavy atom. The fourth-order valence-corrected chi connectivity index (χ4v) is 3.46. The molecule has 1 nitrogen and oxygen atoms in total. The number of rotatable bonds is 2. The first-order valence-corrected chi connectivity index (χ1v) is 8.08. The summed E-state index contributed by atoms with van der Waals surface area (Å²) < 4.78 is 0. The lowest BCUT2D eigenvalue weighted by atomic mass is 9.78. The van der Waals surface area contributed by atoms with Gasteiger partial charge in [0.2, 0.25) is 0 Å². The van der Waals surface area contributed by atoms with Crippen LogP contribution in [0.4, 0.5) is 0 Å². The number of hydrogen-bond acceptors (Lipinski definition) is 1. The second-order valence-electron chi connectivity index (χ2n) is 6.18. The summed E-state index contributed by atoms with van der Waals surface area (Å²) in [5.74, 6) is 0.566. The summed E-state index contributed by atoms with van der Waals surface area (Å²) in [6.07, 6.45) is 1.55. The molecule has 0 heterocycles. The Kier molecular flexibility index (Phi) is 3.55. The minimum atomic E-state index is 0.262. The average Bonchev–Trinajstić information content (AvgIpc) is 2.63. The highest BCUT2D eigenvalue weighted by molar-refractivity contribution is 6.00. The van der Waals surface area contributed by atoms with Crippen LogP contribution in [0.1, 0.15) is 33.8 Å². The van der Waals surface area contributed by atoms with Gasteiger partial charge in [-0.25, -0.2) is 0 Å². The fourth-order valence-electron chi connectivity index (χ4n) is 3.46. The Hall–Kier alpha value is -2.67. The maximum absolute atomic E-state index is 12.7. The van der Waals surface area contributed by atoms with Gasteiger partial charge in [0, 0.05) is 12.0 Å². The average molecular weight is 298 g/mol. The molecule has 0 aromatic heterocycles. The van der Waals surface area contributed by atoms with Crippen molar-refractivity contribution < 1.29 is 4.79 Å². The van der Waals surface area contributed by atoms with E-state index in [0.717, 1.165) is 23.1 Å². The van der Waals surface area contributed by atoms with Crippen molar-refractivity contribution in [3.63, 3.8) is 0 Å². The Morgan fingerprint density at radius 1 is 0.696 bits per heavy atom. The predicted octanol–water partition coefficient (Wildman–Crippen LogP) is 5.27. The van der Waals surface area contributed by atoms with Crippen LogP contribution in [0, 0.1) is 0 Å². The van der Waals surface area contributed by atoms with Gasteiger partial charge in [0.05, 0.1) is 0 Å². The van der Waals surface area contributed by atoms with E-state index in [1.807, 2.05) is 36.4 Å². The fraction of sp³-hybridized carbons (Fsp3) is 0.136. The van der Waals surface area contributed by atoms with Crippen molar-refractivity contribution in [2.45, 2.75) is 18.8 Å². The number of carbonyl (C=O) groups is 1. The summed E-state index contributed by atoms with van der Waals surface area (Å²) in [4.78, 5) is 12.7. The van der Waals surface area contributed by atoms with Crippen LogP contribution in [-0.2, 0) is 6.42 Å². The van der Waals surface area contributed by atoms with Gasteiger partial charge in [-0.15, -0.1) is 0 Å². The molecule has 0 bridgehead atoms. The molecule has 1 aliphatic rings. The number of fused-ring (bicyclic) bond motifs is 1. The summed E-state index contributed by atoms with van der Waals surface area (Å²) in [6, 6.07) is 26.9. The summed E-state index contributed by atoms with van der Waals surface area (Å²) in [6.45, 7) is 0. The van der Waals surface area contributed by atoms with E-state index < -0.39 is 0 Å². The maximum atomic E-state index is 12.7. The van der Waals surface area contributed by atoms with Crippen molar-refractivity contribution in [3.8, 4) is 11.1 Å². The van der Waals surface area contributed by atoms with Crippen molar-refractivity contribution >= 4 is 5.78 Å². The van der Waals surface area contributed by atoms with Crippen molar-refractivity contribution in [2.75, 3.05) is 0 Å². The zero-order valence-corrected chi connectivity index (χ0v) is 12.9. The van der Waals surface area contributed by atoms with Gasteiger partial charge < -0.3 is 0 Å². The lowest BCUT2D eigenvalue weighted by Crippen LogP contribution is -2.18. The molecular formula is C22H18O. The molecule has 1 atom stereocenters. The third-order valence-corrected chi connectivity index (χ3v) is 4.69. The van der Waals surface area contributed by atoms with Crippen LogP contribution in [-0.4, -0.2) is 5.78 Å². The number of benzene rings is 3. The topological polar surface area (TPSA) is 17.1 Å². The smallest absolute Gasteiger partial charge is 0.163 e. The Morgan fingerprint density at radius 3 is 2.13 bits per heavy atom. The molecule has 0 fully saturated rings. The SMILES string of the molecule is O=C1CC(c2ccccc2)Cc2ccc(-c3ccccc3)cc21. The van der Waals surface area contributed by atoms with Crippen LogP contribution in [0.5, 0.6) is 0 Å². The van der Waals surface area contributed by atoms with Crippen LogP contribution in [0.15, 0.2) is 78.9 Å². The van der Waals surface area contributed by atoms with Crippen molar-refractivity contribution in [1.82, 2.24) is 0 Å². The van der Waals surface area contributed by atoms with E-state index in [2.05, 4.69) is 42.5 Å². The molecular weight excluding hydrogens is 280 g/mol. The summed E-state index contributed by atoms with van der Waals surface area (Å²) in [5.41, 5.74) is 5.62. The number of ketones is 1. The van der Waals surface area contributed by atoms with E-state index in [1.165, 1.54) is 11.1 Å². The molecule has 0 saturated carbocycles. The Labute approximate surface area is 136 Å². The van der Waals surface area contributed by atoms with Crippen LogP contribution in [0.2, 0.25) is 0 Å². The molecule has 0 saturated heterocycles. The van der Waals surface area contributed by atoms with E-state index in [1.54, 1.807) is 0 Å². The van der Waals surface area contributed by atoms with E-state index >= 15 is 0 Å². The molecule has 1 unspecified atom stereocenters. The second-order valence-corrected chi connectivity index (χ2v) is 6.18. The molecule has 112 valence electrons. The highest BCUT2D eigenvalue weighted by Gasteiger charge is 2.26. The van der Waals surface area contributed by atoms with Crippen LogP contribution in [0.3, 0.4) is 0 Å². The first kappa shape index (κ1) is 14.0. The second kappa shape index (κ2) is 5.85. The standard InChI is InChI=1S/C22H18O/c23-22-15-20(17-9-5-2-6-10-17)13-19-12-11-18(14-21(19)22)16-7-3-1-4-8-16/h1-12,14,20H,13,15H2. The number of Topliss-reactive ketones (excluding diaryl/α,β-unsaturated/α-hetero) is 1. The quantitative estimate of drug-likeness (QED) is 0.630. The largest absolute Gasteiger partial charge is 0.294 e. The summed E-state index contributed by atoms with van der Waals surface area (Å²) in [5, 5.41) is 0. The predicted molar refractivity (Wildman–Crippen MR) is 93.7 cm³/mol. The van der Waals surface area contributed by atoms with Gasteiger partial charge in [-0.1, -0.05) is 72.8 Å². The zero-order valence-electron chi connectivity index (χ0n) is 12.9. The van der Waals surface area contributed by atoms with Crippen molar-refractivity contribution in [3.05, 3.63) is 95.6 Å². The van der Waals surface area contributed by atoms with E-state index in [0.29, 0.717) is 12.3 Å². The minimum Gasteiger partial charge on any atom is -0.294 e. The summed E-state index contributed by atoms with van der Waals surface area (Å²) in [7, 11) is 0. The summed E-state index contributed by atoms with van der Waals surface area (Å²) >= 11 is 0. The Balaban J connectivity index is 1.69. The monoisotopic (exact) mass is 298 g/mol. The molecule has 3 aromatic carbocycles. The first-order chi connectivity index (χ1) is 11.3. The normalized spacial score (nSPS) is 16.9. The Bertz CT molecular complexity index is 834. The molecule has 0 amide bonds. The van der Waals surface area contributed by atoms with Gasteiger partial charge in [0.25, 0.3) is 0 Å². The molecule has 23 heavy (non-hydrogen) atoms. The molecule has 0 N–H and O–H groups in total. The highest BCUT2D eigenvalue weighted by Crippen LogP contribution is 2.34. The first-order valence-electron chi connectivity index (χ1n) is 8.08. The molecule has 1 heteroatoms. The molecule has 4 rings (SSSR count). The number of hydrogen-bond donors (Lipinski definition) is 0. The van der Waals surface area contributed by atoms with Gasteiger partial charge in [0.15, 0.2) is 5.78 Å². The lowest BCUT2D eigenvalue weighted by molar-refractivity contribution is 0.0964. The molecule has 0 spiro atoms. The lowest BCUT2D eigenvalue weighted by Gasteiger charge is -2.24. The van der Waals surface area contributed by atoms with Gasteiger partial charge >= 0.3 is 0 Å². The van der Waals surface area contributed by atoms with E-state index in [9.17, 15) is 4.79 Å².